The molecule has 158 valence electrons. The number of aliphatic hydroxyl groups excluding tert-OH is 1. The van der Waals surface area contributed by atoms with E-state index in [-0.39, 0.29) is 11.5 Å². The lowest BCUT2D eigenvalue weighted by molar-refractivity contribution is -0.0585. The number of halogens is 2. The highest BCUT2D eigenvalue weighted by molar-refractivity contribution is 6.36. The maximum absolute atomic E-state index is 12.2. The first-order valence-electron chi connectivity index (χ1n) is 9.64. The minimum atomic E-state index is -0.478. The van der Waals surface area contributed by atoms with Gasteiger partial charge in [0.05, 0.1) is 28.9 Å². The van der Waals surface area contributed by atoms with Gasteiger partial charge in [0.25, 0.3) is 5.91 Å². The number of nitrogens with zero attached hydrogens (tertiary/aromatic N) is 2. The van der Waals surface area contributed by atoms with Crippen LogP contribution in [0.4, 0.5) is 0 Å². The van der Waals surface area contributed by atoms with E-state index in [4.69, 9.17) is 27.9 Å². The van der Waals surface area contributed by atoms with Crippen molar-refractivity contribution in [2.75, 3.05) is 52.4 Å². The predicted molar refractivity (Wildman–Crippen MR) is 113 cm³/mol. The topological polar surface area (TPSA) is 65.0 Å². The third-order valence-electron chi connectivity index (χ3n) is 4.53. The number of benzene rings is 1. The summed E-state index contributed by atoms with van der Waals surface area (Å²) in [6, 6.07) is 4.86. The SMILES string of the molecule is CC(C)(C)OC[C@H](O)CN1CCN(CCNC(=O)c2ccc(Cl)cc2Cl)CC1. The molecule has 1 aliphatic heterocycles. The molecule has 8 heteroatoms. The first-order valence-corrected chi connectivity index (χ1v) is 10.4. The molecule has 0 aliphatic carbocycles. The molecular formula is C20H31Cl2N3O3. The van der Waals surface area contributed by atoms with Gasteiger partial charge in [-0.3, -0.25) is 14.6 Å². The molecule has 1 fully saturated rings. The quantitative estimate of drug-likeness (QED) is 0.661. The van der Waals surface area contributed by atoms with E-state index < -0.39 is 6.10 Å². The van der Waals surface area contributed by atoms with Crippen molar-refractivity contribution in [2.45, 2.75) is 32.5 Å². The molecule has 1 aromatic carbocycles. The first kappa shape index (κ1) is 23.4. The number of hydrogen-bond donors (Lipinski definition) is 2. The van der Waals surface area contributed by atoms with Crippen molar-refractivity contribution in [1.82, 2.24) is 15.1 Å². The van der Waals surface area contributed by atoms with Crippen LogP contribution in [0.1, 0.15) is 31.1 Å². The molecule has 1 aliphatic rings. The van der Waals surface area contributed by atoms with Crippen LogP contribution in [0.25, 0.3) is 0 Å². The molecule has 28 heavy (non-hydrogen) atoms. The van der Waals surface area contributed by atoms with Gasteiger partial charge in [-0.05, 0) is 39.0 Å². The second-order valence-corrected chi connectivity index (χ2v) is 8.94. The number of carbonyl (C=O) groups excluding carboxylic acids is 1. The number of amides is 1. The minimum Gasteiger partial charge on any atom is -0.389 e. The highest BCUT2D eigenvalue weighted by atomic mass is 35.5. The average Bonchev–Trinajstić information content (AvgIpc) is 2.61. The van der Waals surface area contributed by atoms with Gasteiger partial charge in [0, 0.05) is 50.8 Å². The number of ether oxygens (including phenoxy) is 1. The van der Waals surface area contributed by atoms with Crippen molar-refractivity contribution < 1.29 is 14.6 Å². The standard InChI is InChI=1S/C20H31Cl2N3O3/c1-20(2,3)28-14-16(26)13-25-10-8-24(9-11-25)7-6-23-19(27)17-5-4-15(21)12-18(17)22/h4-5,12,16,26H,6-11,13-14H2,1-3H3,(H,23,27)/t16-/m1/s1. The largest absolute Gasteiger partial charge is 0.389 e. The van der Waals surface area contributed by atoms with Crippen LogP contribution < -0.4 is 5.32 Å². The monoisotopic (exact) mass is 431 g/mol. The number of β-amino-alcohol motifs (C(OH)–C–C–N with tert-alkyl or cyclic N) is 1. The Kier molecular flexibility index (Phi) is 8.99. The van der Waals surface area contributed by atoms with E-state index >= 15 is 0 Å². The Hall–Kier alpha value is -0.890. The number of hydrogen-bond acceptors (Lipinski definition) is 5. The van der Waals surface area contributed by atoms with Gasteiger partial charge < -0.3 is 15.2 Å². The fourth-order valence-electron chi connectivity index (χ4n) is 2.99. The van der Waals surface area contributed by atoms with E-state index in [1.54, 1.807) is 18.2 Å². The maximum atomic E-state index is 12.2. The summed E-state index contributed by atoms with van der Waals surface area (Å²) in [5.41, 5.74) is 0.197. The van der Waals surface area contributed by atoms with Gasteiger partial charge in [0.1, 0.15) is 0 Å². The molecule has 0 aromatic heterocycles. The van der Waals surface area contributed by atoms with Crippen molar-refractivity contribution in [3.05, 3.63) is 33.8 Å². The summed E-state index contributed by atoms with van der Waals surface area (Å²) < 4.78 is 5.64. The van der Waals surface area contributed by atoms with Crippen LogP contribution in [-0.2, 0) is 4.74 Å². The third kappa shape index (κ3) is 8.23. The summed E-state index contributed by atoms with van der Waals surface area (Å²) in [6.45, 7) is 11.9. The molecule has 0 bridgehead atoms. The third-order valence-corrected chi connectivity index (χ3v) is 5.08. The number of piperazine rings is 1. The Labute approximate surface area is 177 Å². The molecule has 0 unspecified atom stereocenters. The van der Waals surface area contributed by atoms with Gasteiger partial charge in [-0.25, -0.2) is 0 Å². The Morgan fingerprint density at radius 3 is 2.46 bits per heavy atom. The zero-order valence-corrected chi connectivity index (χ0v) is 18.4. The van der Waals surface area contributed by atoms with E-state index in [1.165, 1.54) is 0 Å². The predicted octanol–water partition coefficient (Wildman–Crippen LogP) is 2.52. The Bertz CT molecular complexity index is 644. The van der Waals surface area contributed by atoms with Gasteiger partial charge in [0.2, 0.25) is 0 Å². The Balaban J connectivity index is 1.64. The Morgan fingerprint density at radius 1 is 1.21 bits per heavy atom. The maximum Gasteiger partial charge on any atom is 0.252 e. The number of rotatable bonds is 8. The molecule has 0 radical (unpaired) electrons. The lowest BCUT2D eigenvalue weighted by atomic mass is 10.2. The van der Waals surface area contributed by atoms with Gasteiger partial charge in [0.15, 0.2) is 0 Å². The molecule has 1 heterocycles. The number of nitrogens with one attached hydrogen (secondary N) is 1. The van der Waals surface area contributed by atoms with Gasteiger partial charge in [-0.2, -0.15) is 0 Å². The van der Waals surface area contributed by atoms with E-state index in [0.717, 1.165) is 32.7 Å². The number of carbonyl (C=O) groups is 1. The van der Waals surface area contributed by atoms with Crippen LogP contribution in [0, 0.1) is 0 Å². The van der Waals surface area contributed by atoms with Crippen molar-refractivity contribution in [1.29, 1.82) is 0 Å². The molecule has 2 N–H and O–H groups in total. The van der Waals surface area contributed by atoms with Crippen molar-refractivity contribution in [2.24, 2.45) is 0 Å². The lowest BCUT2D eigenvalue weighted by Crippen LogP contribution is -2.50. The van der Waals surface area contributed by atoms with Crippen LogP contribution in [-0.4, -0.2) is 84.9 Å². The lowest BCUT2D eigenvalue weighted by Gasteiger charge is -2.35. The molecule has 0 spiro atoms. The molecule has 1 amide bonds. The fourth-order valence-corrected chi connectivity index (χ4v) is 3.48. The van der Waals surface area contributed by atoms with Crippen molar-refractivity contribution in [3.8, 4) is 0 Å². The number of aliphatic hydroxyl groups is 1. The second-order valence-electron chi connectivity index (χ2n) is 8.10. The van der Waals surface area contributed by atoms with E-state index in [9.17, 15) is 9.90 Å². The highest BCUT2D eigenvalue weighted by Gasteiger charge is 2.21. The zero-order valence-electron chi connectivity index (χ0n) is 16.9. The first-order chi connectivity index (χ1) is 13.1. The summed E-state index contributed by atoms with van der Waals surface area (Å²) in [4.78, 5) is 16.8. The van der Waals surface area contributed by atoms with Crippen LogP contribution >= 0.6 is 23.2 Å². The van der Waals surface area contributed by atoms with Crippen molar-refractivity contribution >= 4 is 29.1 Å². The molecule has 2 rings (SSSR count). The summed E-state index contributed by atoms with van der Waals surface area (Å²) in [7, 11) is 0. The Morgan fingerprint density at radius 2 is 1.86 bits per heavy atom. The summed E-state index contributed by atoms with van der Waals surface area (Å²) >= 11 is 11.9. The van der Waals surface area contributed by atoms with Crippen LogP contribution in [0.2, 0.25) is 10.0 Å². The average molecular weight is 432 g/mol. The van der Waals surface area contributed by atoms with Crippen LogP contribution in [0.15, 0.2) is 18.2 Å². The normalized spacial score (nSPS) is 17.5. The van der Waals surface area contributed by atoms with E-state index in [2.05, 4.69) is 15.1 Å². The summed E-state index contributed by atoms with van der Waals surface area (Å²) in [5.74, 6) is -0.192. The summed E-state index contributed by atoms with van der Waals surface area (Å²) in [5, 5.41) is 13.9. The molecule has 0 saturated carbocycles. The fraction of sp³-hybridized carbons (Fsp3) is 0.650. The van der Waals surface area contributed by atoms with Crippen LogP contribution in [0.3, 0.4) is 0 Å². The molecule has 6 nitrogen and oxygen atoms in total. The van der Waals surface area contributed by atoms with Gasteiger partial charge in [-0.15, -0.1) is 0 Å². The zero-order chi connectivity index (χ0) is 20.7. The molecule has 1 atom stereocenters. The highest BCUT2D eigenvalue weighted by Crippen LogP contribution is 2.20. The van der Waals surface area contributed by atoms with Gasteiger partial charge in [-0.1, -0.05) is 23.2 Å². The minimum absolute atomic E-state index is 0.192. The van der Waals surface area contributed by atoms with E-state index in [1.807, 2.05) is 20.8 Å². The second kappa shape index (κ2) is 10.8. The van der Waals surface area contributed by atoms with Crippen molar-refractivity contribution in [3.63, 3.8) is 0 Å². The molecular weight excluding hydrogens is 401 g/mol. The summed E-state index contributed by atoms with van der Waals surface area (Å²) in [6.07, 6.45) is -0.478. The smallest absolute Gasteiger partial charge is 0.252 e. The van der Waals surface area contributed by atoms with Crippen LogP contribution in [0.5, 0.6) is 0 Å². The molecule has 1 aromatic rings. The molecule has 1 saturated heterocycles. The van der Waals surface area contributed by atoms with E-state index in [0.29, 0.717) is 35.3 Å². The van der Waals surface area contributed by atoms with Gasteiger partial charge >= 0.3 is 0 Å².